The van der Waals surface area contributed by atoms with Crippen LogP contribution in [-0.2, 0) is 6.61 Å². The van der Waals surface area contributed by atoms with Crippen molar-refractivity contribution >= 4 is 22.5 Å². The normalized spacial score (nSPS) is 10.7. The first kappa shape index (κ1) is 20.4. The van der Waals surface area contributed by atoms with Crippen LogP contribution in [0.2, 0.25) is 0 Å². The van der Waals surface area contributed by atoms with Crippen LogP contribution in [0.25, 0.3) is 10.9 Å². The summed E-state index contributed by atoms with van der Waals surface area (Å²) in [7, 11) is 0. The minimum Gasteiger partial charge on any atom is -0.489 e. The predicted molar refractivity (Wildman–Crippen MR) is 130 cm³/mol. The number of ether oxygens (including phenoxy) is 2. The van der Waals surface area contributed by atoms with E-state index in [2.05, 4.69) is 10.3 Å². The van der Waals surface area contributed by atoms with Gasteiger partial charge in [0.05, 0.1) is 0 Å². The minimum atomic E-state index is -0.213. The highest BCUT2D eigenvalue weighted by Crippen LogP contribution is 2.26. The summed E-state index contributed by atoms with van der Waals surface area (Å²) in [5.41, 5.74) is 3.14. The first-order valence-electron chi connectivity index (χ1n) is 10.7. The molecule has 5 heteroatoms. The fourth-order valence-corrected chi connectivity index (χ4v) is 3.49. The summed E-state index contributed by atoms with van der Waals surface area (Å²) < 4.78 is 11.7. The van der Waals surface area contributed by atoms with Gasteiger partial charge in [-0.2, -0.15) is 0 Å². The third-order valence-corrected chi connectivity index (χ3v) is 5.18. The third-order valence-electron chi connectivity index (χ3n) is 5.18. The molecule has 0 radical (unpaired) electrons. The summed E-state index contributed by atoms with van der Waals surface area (Å²) in [6.07, 6.45) is 0. The molecule has 0 bridgehead atoms. The standard InChI is InChI=1S/C28H22N2O3/c31-28(29-22-11-13-23(14-12-22)32-19-20-7-3-1-4-8-20)27-18-21-17-25(15-16-26(21)30-27)33-24-9-5-2-6-10-24/h1-18,30H,19H2,(H,29,31). The van der Waals surface area contributed by atoms with Gasteiger partial charge in [0.2, 0.25) is 0 Å². The summed E-state index contributed by atoms with van der Waals surface area (Å²) in [6.45, 7) is 0.498. The van der Waals surface area contributed by atoms with Crippen LogP contribution in [0.4, 0.5) is 5.69 Å². The van der Waals surface area contributed by atoms with Crippen LogP contribution < -0.4 is 14.8 Å². The Morgan fingerprint density at radius 3 is 2.18 bits per heavy atom. The van der Waals surface area contributed by atoms with Crippen molar-refractivity contribution in [2.24, 2.45) is 0 Å². The van der Waals surface area contributed by atoms with Crippen molar-refractivity contribution in [2.75, 3.05) is 5.32 Å². The fourth-order valence-electron chi connectivity index (χ4n) is 3.49. The van der Waals surface area contributed by atoms with Gasteiger partial charge >= 0.3 is 0 Å². The number of nitrogens with one attached hydrogen (secondary N) is 2. The molecular weight excluding hydrogens is 412 g/mol. The van der Waals surface area contributed by atoms with Crippen molar-refractivity contribution < 1.29 is 14.3 Å². The number of aromatic amines is 1. The van der Waals surface area contributed by atoms with Gasteiger partial charge < -0.3 is 19.8 Å². The number of H-pyrrole nitrogens is 1. The van der Waals surface area contributed by atoms with E-state index in [-0.39, 0.29) is 5.91 Å². The van der Waals surface area contributed by atoms with E-state index in [1.54, 1.807) is 0 Å². The number of fused-ring (bicyclic) bond motifs is 1. The van der Waals surface area contributed by atoms with Gasteiger partial charge in [-0.15, -0.1) is 0 Å². The van der Waals surface area contributed by atoms with Crippen LogP contribution in [0.1, 0.15) is 16.1 Å². The van der Waals surface area contributed by atoms with E-state index in [0.29, 0.717) is 23.7 Å². The second-order valence-electron chi connectivity index (χ2n) is 7.60. The van der Waals surface area contributed by atoms with E-state index in [1.807, 2.05) is 109 Å². The molecule has 0 saturated carbocycles. The van der Waals surface area contributed by atoms with Crippen molar-refractivity contribution in [2.45, 2.75) is 6.61 Å². The highest BCUT2D eigenvalue weighted by molar-refractivity contribution is 6.06. The van der Waals surface area contributed by atoms with Crippen LogP contribution in [0.3, 0.4) is 0 Å². The molecule has 0 aliphatic heterocycles. The zero-order valence-corrected chi connectivity index (χ0v) is 17.8. The number of hydrogen-bond donors (Lipinski definition) is 2. The van der Waals surface area contributed by atoms with Crippen LogP contribution in [-0.4, -0.2) is 10.9 Å². The Bertz CT molecular complexity index is 1360. The summed E-state index contributed by atoms with van der Waals surface area (Å²) in [5, 5.41) is 3.82. The number of hydrogen-bond acceptors (Lipinski definition) is 3. The fraction of sp³-hybridized carbons (Fsp3) is 0.0357. The Hall–Kier alpha value is -4.51. The Morgan fingerprint density at radius 2 is 1.42 bits per heavy atom. The number of anilines is 1. The Balaban J connectivity index is 1.23. The van der Waals surface area contributed by atoms with Crippen molar-refractivity contribution in [1.29, 1.82) is 0 Å². The lowest BCUT2D eigenvalue weighted by atomic mass is 10.2. The van der Waals surface area contributed by atoms with Crippen LogP contribution in [0.15, 0.2) is 109 Å². The van der Waals surface area contributed by atoms with Gasteiger partial charge in [-0.05, 0) is 66.2 Å². The summed E-state index contributed by atoms with van der Waals surface area (Å²) in [6, 6.07) is 34.4. The molecule has 5 rings (SSSR count). The molecule has 0 fully saturated rings. The second kappa shape index (κ2) is 9.32. The van der Waals surface area contributed by atoms with Gasteiger partial charge in [0, 0.05) is 16.6 Å². The number of carbonyl (C=O) groups excluding carboxylic acids is 1. The molecule has 5 nitrogen and oxygen atoms in total. The quantitative estimate of drug-likeness (QED) is 0.296. The molecule has 0 atom stereocenters. The average molecular weight is 434 g/mol. The van der Waals surface area contributed by atoms with Crippen molar-refractivity contribution in [3.05, 3.63) is 120 Å². The number of rotatable bonds is 7. The van der Waals surface area contributed by atoms with Crippen molar-refractivity contribution in [3.63, 3.8) is 0 Å². The highest BCUT2D eigenvalue weighted by Gasteiger charge is 2.11. The predicted octanol–water partition coefficient (Wildman–Crippen LogP) is 6.79. The van der Waals surface area contributed by atoms with Crippen LogP contribution >= 0.6 is 0 Å². The summed E-state index contributed by atoms with van der Waals surface area (Å²) in [5.74, 6) is 2.01. The summed E-state index contributed by atoms with van der Waals surface area (Å²) >= 11 is 0. The molecule has 1 amide bonds. The van der Waals surface area contributed by atoms with Gasteiger partial charge in [0.15, 0.2) is 0 Å². The number of aromatic nitrogens is 1. The van der Waals surface area contributed by atoms with Gasteiger partial charge in [-0.25, -0.2) is 0 Å². The molecule has 0 spiro atoms. The van der Waals surface area contributed by atoms with Gasteiger partial charge in [0.25, 0.3) is 5.91 Å². The number of benzene rings is 4. The van der Waals surface area contributed by atoms with Crippen molar-refractivity contribution in [1.82, 2.24) is 4.98 Å². The molecular formula is C28H22N2O3. The molecule has 0 aliphatic rings. The van der Waals surface area contributed by atoms with E-state index >= 15 is 0 Å². The molecule has 0 saturated heterocycles. The molecule has 162 valence electrons. The maximum Gasteiger partial charge on any atom is 0.272 e. The van der Waals surface area contributed by atoms with E-state index in [4.69, 9.17) is 9.47 Å². The third kappa shape index (κ3) is 5.05. The number of carbonyl (C=O) groups is 1. The Kier molecular flexibility index (Phi) is 5.76. The smallest absolute Gasteiger partial charge is 0.272 e. The lowest BCUT2D eigenvalue weighted by molar-refractivity contribution is 0.102. The van der Waals surface area contributed by atoms with E-state index in [0.717, 1.165) is 28.0 Å². The Morgan fingerprint density at radius 1 is 0.727 bits per heavy atom. The zero-order valence-electron chi connectivity index (χ0n) is 17.8. The monoisotopic (exact) mass is 434 g/mol. The average Bonchev–Trinajstić information content (AvgIpc) is 3.29. The number of amides is 1. The molecule has 4 aromatic carbocycles. The SMILES string of the molecule is O=C(Nc1ccc(OCc2ccccc2)cc1)c1cc2cc(Oc3ccccc3)ccc2[nH]1. The maximum atomic E-state index is 12.8. The first-order valence-corrected chi connectivity index (χ1v) is 10.7. The van der Waals surface area contributed by atoms with E-state index in [9.17, 15) is 4.79 Å². The second-order valence-corrected chi connectivity index (χ2v) is 7.60. The highest BCUT2D eigenvalue weighted by atomic mass is 16.5. The minimum absolute atomic E-state index is 0.213. The molecule has 33 heavy (non-hydrogen) atoms. The van der Waals surface area contributed by atoms with Gasteiger partial charge in [-0.1, -0.05) is 48.5 Å². The molecule has 2 N–H and O–H groups in total. The van der Waals surface area contributed by atoms with Gasteiger partial charge in [-0.3, -0.25) is 4.79 Å². The van der Waals surface area contributed by atoms with E-state index in [1.165, 1.54) is 0 Å². The van der Waals surface area contributed by atoms with Crippen LogP contribution in [0, 0.1) is 0 Å². The lowest BCUT2D eigenvalue weighted by Crippen LogP contribution is -2.12. The maximum absolute atomic E-state index is 12.8. The zero-order chi connectivity index (χ0) is 22.5. The summed E-state index contributed by atoms with van der Waals surface area (Å²) in [4.78, 5) is 15.9. The first-order chi connectivity index (χ1) is 16.2. The largest absolute Gasteiger partial charge is 0.489 e. The van der Waals surface area contributed by atoms with Crippen molar-refractivity contribution in [3.8, 4) is 17.2 Å². The van der Waals surface area contributed by atoms with E-state index < -0.39 is 0 Å². The Labute approximate surface area is 191 Å². The number of para-hydroxylation sites is 1. The molecule has 0 aliphatic carbocycles. The van der Waals surface area contributed by atoms with Crippen LogP contribution in [0.5, 0.6) is 17.2 Å². The molecule has 0 unspecified atom stereocenters. The lowest BCUT2D eigenvalue weighted by Gasteiger charge is -2.08. The molecule has 1 aromatic heterocycles. The molecule has 1 heterocycles. The topological polar surface area (TPSA) is 63.4 Å². The van der Waals surface area contributed by atoms with Gasteiger partial charge in [0.1, 0.15) is 29.5 Å². The molecule has 5 aromatic rings.